The fourth-order valence-corrected chi connectivity index (χ4v) is 2.78. The minimum Gasteiger partial charge on any atom is -0.456 e. The molecule has 2 atom stereocenters. The molecule has 2 aliphatic carbocycles. The van der Waals surface area contributed by atoms with Crippen LogP contribution >= 0.6 is 0 Å². The Morgan fingerprint density at radius 1 is 1.32 bits per heavy atom. The van der Waals surface area contributed by atoms with Crippen molar-refractivity contribution in [2.24, 2.45) is 11.3 Å². The minimum atomic E-state index is -5.72. The highest BCUT2D eigenvalue weighted by Gasteiger charge is 2.61. The Morgan fingerprint density at radius 3 is 2.37 bits per heavy atom. The van der Waals surface area contributed by atoms with E-state index >= 15 is 0 Å². The number of esters is 1. The summed E-state index contributed by atoms with van der Waals surface area (Å²) in [5, 5.41) is 0. The van der Waals surface area contributed by atoms with E-state index in [1.165, 1.54) is 0 Å². The summed E-state index contributed by atoms with van der Waals surface area (Å²) < 4.78 is 65.0. The molecule has 0 aromatic heterocycles. The van der Waals surface area contributed by atoms with Crippen LogP contribution in [0.1, 0.15) is 25.7 Å². The lowest BCUT2D eigenvalue weighted by Gasteiger charge is -2.20. The van der Waals surface area contributed by atoms with Crippen LogP contribution in [-0.2, 0) is 9.53 Å². The minimum absolute atomic E-state index is 0.0352. The topological polar surface area (TPSA) is 26.3 Å². The van der Waals surface area contributed by atoms with Crippen molar-refractivity contribution in [1.29, 1.82) is 0 Å². The molecule has 0 bridgehead atoms. The van der Waals surface area contributed by atoms with E-state index in [1.807, 2.05) is 0 Å². The third-order valence-electron chi connectivity index (χ3n) is 4.05. The first kappa shape index (κ1) is 14.3. The van der Waals surface area contributed by atoms with Gasteiger partial charge in [0.25, 0.3) is 0 Å². The predicted octanol–water partition coefficient (Wildman–Crippen LogP) is 3.47. The van der Waals surface area contributed by atoms with Gasteiger partial charge in [-0.3, -0.25) is 0 Å². The Morgan fingerprint density at radius 2 is 1.95 bits per heavy atom. The van der Waals surface area contributed by atoms with Crippen molar-refractivity contribution in [3.63, 3.8) is 0 Å². The second-order valence-corrected chi connectivity index (χ2v) is 5.21. The highest BCUT2D eigenvalue weighted by atomic mass is 19.4. The molecule has 2 rings (SSSR count). The van der Waals surface area contributed by atoms with Gasteiger partial charge in [-0.05, 0) is 25.2 Å². The highest BCUT2D eigenvalue weighted by molar-refractivity contribution is 5.90. The second kappa shape index (κ2) is 4.18. The van der Waals surface area contributed by atoms with Gasteiger partial charge in [-0.2, -0.15) is 22.0 Å². The van der Waals surface area contributed by atoms with Crippen LogP contribution in [0.4, 0.5) is 22.0 Å². The zero-order valence-electron chi connectivity index (χ0n) is 10.0. The number of hydrogen-bond donors (Lipinski definition) is 0. The monoisotopic (exact) mass is 284 g/mol. The first-order valence-corrected chi connectivity index (χ1v) is 5.91. The number of rotatable bonds is 4. The van der Waals surface area contributed by atoms with Gasteiger partial charge in [-0.1, -0.05) is 13.0 Å². The van der Waals surface area contributed by atoms with E-state index in [1.54, 1.807) is 0 Å². The molecule has 0 spiro atoms. The van der Waals surface area contributed by atoms with Crippen LogP contribution in [0.5, 0.6) is 0 Å². The molecule has 0 amide bonds. The Bertz CT molecular complexity index is 415. The largest absolute Gasteiger partial charge is 0.456 e. The van der Waals surface area contributed by atoms with Gasteiger partial charge in [-0.25, -0.2) is 4.79 Å². The molecule has 7 heteroatoms. The lowest BCUT2D eigenvalue weighted by atomic mass is 9.94. The molecule has 0 aliphatic heterocycles. The lowest BCUT2D eigenvalue weighted by molar-refractivity contribution is -0.293. The van der Waals surface area contributed by atoms with Gasteiger partial charge in [-0.15, -0.1) is 0 Å². The Kier molecular flexibility index (Phi) is 3.14. The molecule has 108 valence electrons. The van der Waals surface area contributed by atoms with Crippen molar-refractivity contribution in [3.05, 3.63) is 12.2 Å². The number of hydrogen-bond acceptors (Lipinski definition) is 2. The smallest absolute Gasteiger partial charge is 0.456 e. The van der Waals surface area contributed by atoms with Crippen LogP contribution in [0.3, 0.4) is 0 Å². The van der Waals surface area contributed by atoms with Gasteiger partial charge in [0.1, 0.15) is 0 Å². The molecular weight excluding hydrogens is 271 g/mol. The Hall–Kier alpha value is -1.14. The van der Waals surface area contributed by atoms with Crippen LogP contribution < -0.4 is 0 Å². The van der Waals surface area contributed by atoms with E-state index in [0.717, 1.165) is 25.7 Å². The fourth-order valence-electron chi connectivity index (χ4n) is 2.78. The summed E-state index contributed by atoms with van der Waals surface area (Å²) in [4.78, 5) is 11.5. The summed E-state index contributed by atoms with van der Waals surface area (Å²) in [5.74, 6) is -5.87. The Balaban J connectivity index is 1.91. The van der Waals surface area contributed by atoms with Crippen LogP contribution in [0.2, 0.25) is 0 Å². The summed E-state index contributed by atoms with van der Waals surface area (Å²) >= 11 is 0. The summed E-state index contributed by atoms with van der Waals surface area (Å²) in [7, 11) is 0. The number of fused-ring (bicyclic) bond motifs is 1. The highest BCUT2D eigenvalue weighted by Crippen LogP contribution is 2.67. The maximum absolute atomic E-state index is 12.6. The predicted molar refractivity (Wildman–Crippen MR) is 55.5 cm³/mol. The van der Waals surface area contributed by atoms with Gasteiger partial charge in [0.2, 0.25) is 0 Å². The van der Waals surface area contributed by atoms with Crippen molar-refractivity contribution in [2.45, 2.75) is 37.8 Å². The standard InChI is InChI=1S/C12H13F5O2/c1-7(10-4-2-3-8(10)5-10)9(18)19-6-11(13,14)12(15,16)17/h8H,1-6H2. The van der Waals surface area contributed by atoms with Crippen LogP contribution in [0.25, 0.3) is 0 Å². The molecule has 0 radical (unpaired) electrons. The number of ether oxygens (including phenoxy) is 1. The van der Waals surface area contributed by atoms with Crippen LogP contribution in [-0.4, -0.2) is 24.7 Å². The second-order valence-electron chi connectivity index (χ2n) is 5.21. The molecule has 0 heterocycles. The van der Waals surface area contributed by atoms with Gasteiger partial charge >= 0.3 is 18.1 Å². The van der Waals surface area contributed by atoms with E-state index in [0.29, 0.717) is 5.92 Å². The summed E-state index contributed by atoms with van der Waals surface area (Å²) in [5.41, 5.74) is -0.363. The lowest BCUT2D eigenvalue weighted by Crippen LogP contribution is -2.41. The molecule has 2 aliphatic rings. The van der Waals surface area contributed by atoms with Crippen molar-refractivity contribution in [1.82, 2.24) is 0 Å². The molecule has 2 unspecified atom stereocenters. The van der Waals surface area contributed by atoms with Crippen molar-refractivity contribution in [3.8, 4) is 0 Å². The van der Waals surface area contributed by atoms with E-state index in [2.05, 4.69) is 11.3 Å². The van der Waals surface area contributed by atoms with E-state index in [4.69, 9.17) is 0 Å². The third kappa shape index (κ3) is 2.34. The average molecular weight is 284 g/mol. The van der Waals surface area contributed by atoms with Gasteiger partial charge < -0.3 is 4.74 Å². The molecule has 2 fully saturated rings. The van der Waals surface area contributed by atoms with E-state index in [-0.39, 0.29) is 5.57 Å². The van der Waals surface area contributed by atoms with Crippen LogP contribution in [0, 0.1) is 11.3 Å². The van der Waals surface area contributed by atoms with E-state index in [9.17, 15) is 26.7 Å². The third-order valence-corrected chi connectivity index (χ3v) is 4.05. The SMILES string of the molecule is C=C(C(=O)OCC(F)(F)C(F)(F)F)C12CCCC1C2. The maximum atomic E-state index is 12.6. The van der Waals surface area contributed by atoms with Gasteiger partial charge in [0.15, 0.2) is 6.61 Å². The normalized spacial score (nSPS) is 29.8. The molecule has 2 saturated carbocycles. The summed E-state index contributed by atoms with van der Waals surface area (Å²) in [6, 6.07) is 0. The van der Waals surface area contributed by atoms with Crippen molar-refractivity contribution in [2.75, 3.05) is 6.61 Å². The number of carbonyl (C=O) groups excluding carboxylic acids is 1. The first-order chi connectivity index (χ1) is 8.60. The first-order valence-electron chi connectivity index (χ1n) is 5.91. The zero-order chi connectivity index (χ0) is 14.5. The molecule has 0 N–H and O–H groups in total. The summed E-state index contributed by atoms with van der Waals surface area (Å²) in [6.45, 7) is 1.52. The van der Waals surface area contributed by atoms with Gasteiger partial charge in [0.05, 0.1) is 0 Å². The maximum Gasteiger partial charge on any atom is 0.456 e. The molecular formula is C12H13F5O2. The number of carbonyl (C=O) groups is 1. The number of alkyl halides is 5. The number of halogens is 5. The van der Waals surface area contributed by atoms with Gasteiger partial charge in [0, 0.05) is 11.0 Å². The fraction of sp³-hybridized carbons (Fsp3) is 0.750. The molecule has 2 nitrogen and oxygen atoms in total. The molecule has 0 saturated heterocycles. The molecule has 0 aromatic carbocycles. The zero-order valence-corrected chi connectivity index (χ0v) is 10.0. The Labute approximate surface area is 106 Å². The van der Waals surface area contributed by atoms with Crippen LogP contribution in [0.15, 0.2) is 12.2 Å². The van der Waals surface area contributed by atoms with Crippen molar-refractivity contribution >= 4 is 5.97 Å². The quantitative estimate of drug-likeness (QED) is 0.449. The van der Waals surface area contributed by atoms with Crippen molar-refractivity contribution < 1.29 is 31.5 Å². The van der Waals surface area contributed by atoms with E-state index < -0.39 is 30.1 Å². The average Bonchev–Trinajstić information content (AvgIpc) is 2.87. The summed E-state index contributed by atoms with van der Waals surface area (Å²) in [6.07, 6.45) is -2.40. The molecule has 19 heavy (non-hydrogen) atoms. The molecule has 0 aromatic rings.